The molecule has 0 bridgehead atoms. The number of nitrogens with one attached hydrogen (secondary N) is 1. The molecular weight excluding hydrogens is 228 g/mol. The van der Waals surface area contributed by atoms with Gasteiger partial charge in [-0.15, -0.1) is 0 Å². The molecule has 0 spiro atoms. The zero-order valence-corrected chi connectivity index (χ0v) is 9.68. The zero-order chi connectivity index (χ0) is 13.1. The van der Waals surface area contributed by atoms with Crippen LogP contribution < -0.4 is 11.1 Å². The molecule has 17 heavy (non-hydrogen) atoms. The monoisotopic (exact) mass is 246 g/mol. The van der Waals surface area contributed by atoms with Crippen molar-refractivity contribution in [3.63, 3.8) is 0 Å². The number of carbonyl (C=O) groups is 2. The van der Waals surface area contributed by atoms with E-state index in [1.807, 2.05) is 0 Å². The second-order valence-electron chi connectivity index (χ2n) is 4.42. The fourth-order valence-corrected chi connectivity index (χ4v) is 1.63. The first kappa shape index (κ1) is 13.9. The summed E-state index contributed by atoms with van der Waals surface area (Å²) in [5.41, 5.74) is 4.84. The van der Waals surface area contributed by atoms with Crippen molar-refractivity contribution in [1.82, 2.24) is 5.32 Å². The average Bonchev–Trinajstić information content (AvgIpc) is 2.59. The van der Waals surface area contributed by atoms with Gasteiger partial charge in [-0.1, -0.05) is 0 Å². The molecular formula is C10H18N2O5. The van der Waals surface area contributed by atoms with Crippen molar-refractivity contribution in [2.45, 2.75) is 25.4 Å². The predicted molar refractivity (Wildman–Crippen MR) is 58.2 cm³/mol. The highest BCUT2D eigenvalue weighted by Gasteiger charge is 2.45. The Kier molecular flexibility index (Phi) is 4.44. The van der Waals surface area contributed by atoms with Crippen LogP contribution in [0.2, 0.25) is 0 Å². The fourth-order valence-electron chi connectivity index (χ4n) is 1.63. The molecule has 1 fully saturated rings. The normalized spacial score (nSPS) is 29.9. The van der Waals surface area contributed by atoms with Crippen molar-refractivity contribution in [3.05, 3.63) is 0 Å². The Morgan fingerprint density at radius 2 is 2.29 bits per heavy atom. The van der Waals surface area contributed by atoms with Crippen LogP contribution in [0.3, 0.4) is 0 Å². The summed E-state index contributed by atoms with van der Waals surface area (Å²) >= 11 is 0. The molecule has 1 aliphatic rings. The average molecular weight is 246 g/mol. The molecule has 0 aromatic heterocycles. The largest absolute Gasteiger partial charge is 0.480 e. The van der Waals surface area contributed by atoms with Gasteiger partial charge in [0.2, 0.25) is 5.91 Å². The van der Waals surface area contributed by atoms with Gasteiger partial charge in [-0.05, 0) is 6.92 Å². The van der Waals surface area contributed by atoms with E-state index in [1.165, 1.54) is 0 Å². The van der Waals surface area contributed by atoms with E-state index >= 15 is 0 Å². The number of amides is 1. The Morgan fingerprint density at radius 1 is 1.65 bits per heavy atom. The van der Waals surface area contributed by atoms with Crippen LogP contribution in [0.25, 0.3) is 0 Å². The van der Waals surface area contributed by atoms with E-state index in [2.05, 4.69) is 5.32 Å². The van der Waals surface area contributed by atoms with E-state index in [4.69, 9.17) is 20.7 Å². The molecule has 1 amide bonds. The van der Waals surface area contributed by atoms with Crippen LogP contribution >= 0.6 is 0 Å². The minimum atomic E-state index is -1.18. The Bertz CT molecular complexity index is 309. The third-order valence-corrected chi connectivity index (χ3v) is 3.06. The van der Waals surface area contributed by atoms with Gasteiger partial charge in [-0.3, -0.25) is 4.79 Å². The lowest BCUT2D eigenvalue weighted by atomic mass is 9.84. The second-order valence-corrected chi connectivity index (χ2v) is 4.42. The molecule has 1 saturated heterocycles. The molecule has 3 unspecified atom stereocenters. The maximum Gasteiger partial charge on any atom is 0.326 e. The van der Waals surface area contributed by atoms with Gasteiger partial charge in [0.15, 0.2) is 0 Å². The highest BCUT2D eigenvalue weighted by atomic mass is 16.5. The number of carboxylic acids is 1. The molecule has 0 aliphatic carbocycles. The number of rotatable bonds is 5. The summed E-state index contributed by atoms with van der Waals surface area (Å²) in [5.74, 6) is -1.63. The molecule has 0 aromatic rings. The first-order valence-corrected chi connectivity index (χ1v) is 5.39. The molecule has 1 rings (SSSR count). The highest BCUT2D eigenvalue weighted by Crippen LogP contribution is 2.27. The Labute approximate surface area is 98.9 Å². The van der Waals surface area contributed by atoms with Gasteiger partial charge in [-0.2, -0.15) is 0 Å². The van der Waals surface area contributed by atoms with Gasteiger partial charge in [0, 0.05) is 19.1 Å². The van der Waals surface area contributed by atoms with Gasteiger partial charge in [0.1, 0.15) is 6.04 Å². The molecule has 1 aliphatic heterocycles. The van der Waals surface area contributed by atoms with Crippen LogP contribution in [0.1, 0.15) is 13.3 Å². The summed E-state index contributed by atoms with van der Waals surface area (Å²) in [6.45, 7) is 1.78. The standard InChI is InChI=1S/C10H18N2O5/c1-10(5-17-4-7(10)11)9(16)12-6(2-3-13)8(14)15/h6-7,13H,2-5,11H2,1H3,(H,12,16)(H,14,15). The third-order valence-electron chi connectivity index (χ3n) is 3.06. The van der Waals surface area contributed by atoms with Crippen LogP contribution in [0.15, 0.2) is 0 Å². The number of ether oxygens (including phenoxy) is 1. The van der Waals surface area contributed by atoms with Crippen LogP contribution in [-0.4, -0.2) is 54.0 Å². The summed E-state index contributed by atoms with van der Waals surface area (Å²) in [4.78, 5) is 22.8. The highest BCUT2D eigenvalue weighted by molar-refractivity contribution is 5.88. The minimum Gasteiger partial charge on any atom is -0.480 e. The Morgan fingerprint density at radius 3 is 2.71 bits per heavy atom. The molecule has 0 radical (unpaired) electrons. The number of hydrogen-bond acceptors (Lipinski definition) is 5. The number of hydrogen-bond donors (Lipinski definition) is 4. The number of carboxylic acid groups (broad SMARTS) is 1. The van der Waals surface area contributed by atoms with E-state index in [0.717, 1.165) is 0 Å². The van der Waals surface area contributed by atoms with Crippen molar-refractivity contribution in [3.8, 4) is 0 Å². The molecule has 1 heterocycles. The SMILES string of the molecule is CC1(C(=O)NC(CCO)C(=O)O)COCC1N. The summed E-state index contributed by atoms with van der Waals surface area (Å²) in [6, 6.07) is -1.55. The van der Waals surface area contributed by atoms with E-state index in [1.54, 1.807) is 6.92 Å². The number of aliphatic hydroxyl groups excluding tert-OH is 1. The van der Waals surface area contributed by atoms with Crippen molar-refractivity contribution in [2.75, 3.05) is 19.8 Å². The lowest BCUT2D eigenvalue weighted by molar-refractivity contribution is -0.144. The molecule has 0 aromatic carbocycles. The zero-order valence-electron chi connectivity index (χ0n) is 9.68. The van der Waals surface area contributed by atoms with Crippen LogP contribution in [0.4, 0.5) is 0 Å². The minimum absolute atomic E-state index is 0.0345. The van der Waals surface area contributed by atoms with Crippen molar-refractivity contribution >= 4 is 11.9 Å². The van der Waals surface area contributed by atoms with Crippen LogP contribution in [0.5, 0.6) is 0 Å². The van der Waals surface area contributed by atoms with Crippen LogP contribution in [0, 0.1) is 5.41 Å². The first-order valence-electron chi connectivity index (χ1n) is 5.39. The summed E-state index contributed by atoms with van der Waals surface area (Å²) < 4.78 is 5.11. The lowest BCUT2D eigenvalue weighted by Crippen LogP contribution is -2.54. The fraction of sp³-hybridized carbons (Fsp3) is 0.800. The first-order chi connectivity index (χ1) is 7.91. The molecule has 7 heteroatoms. The molecule has 98 valence electrons. The Balaban J connectivity index is 2.66. The summed E-state index contributed by atoms with van der Waals surface area (Å²) in [7, 11) is 0. The lowest BCUT2D eigenvalue weighted by Gasteiger charge is -2.27. The molecule has 3 atom stereocenters. The third kappa shape index (κ3) is 2.93. The molecule has 5 N–H and O–H groups in total. The molecule has 7 nitrogen and oxygen atoms in total. The smallest absolute Gasteiger partial charge is 0.326 e. The topological polar surface area (TPSA) is 122 Å². The number of aliphatic hydroxyl groups is 1. The predicted octanol–water partition coefficient (Wildman–Crippen LogP) is -1.70. The number of carbonyl (C=O) groups excluding carboxylic acids is 1. The quantitative estimate of drug-likeness (QED) is 0.459. The van der Waals surface area contributed by atoms with E-state index in [0.29, 0.717) is 0 Å². The van der Waals surface area contributed by atoms with Crippen molar-refractivity contribution < 1.29 is 24.5 Å². The van der Waals surface area contributed by atoms with Crippen LogP contribution in [-0.2, 0) is 14.3 Å². The van der Waals surface area contributed by atoms with E-state index in [-0.39, 0.29) is 26.2 Å². The maximum atomic E-state index is 12.0. The van der Waals surface area contributed by atoms with Gasteiger partial charge >= 0.3 is 5.97 Å². The van der Waals surface area contributed by atoms with Gasteiger partial charge < -0.3 is 26.0 Å². The summed E-state index contributed by atoms with van der Waals surface area (Å²) in [5, 5.41) is 19.9. The van der Waals surface area contributed by atoms with E-state index in [9.17, 15) is 9.59 Å². The maximum absolute atomic E-state index is 12.0. The van der Waals surface area contributed by atoms with Gasteiger partial charge in [0.05, 0.1) is 18.6 Å². The number of aliphatic carboxylic acids is 1. The van der Waals surface area contributed by atoms with E-state index < -0.39 is 29.4 Å². The van der Waals surface area contributed by atoms with Crippen molar-refractivity contribution in [2.24, 2.45) is 11.1 Å². The summed E-state index contributed by atoms with van der Waals surface area (Å²) in [6.07, 6.45) is -0.0345. The Hall–Kier alpha value is -1.18. The van der Waals surface area contributed by atoms with Gasteiger partial charge in [0.25, 0.3) is 0 Å². The molecule has 0 saturated carbocycles. The van der Waals surface area contributed by atoms with Gasteiger partial charge in [-0.25, -0.2) is 4.79 Å². The second kappa shape index (κ2) is 5.44. The van der Waals surface area contributed by atoms with Crippen molar-refractivity contribution in [1.29, 1.82) is 0 Å². The number of nitrogens with two attached hydrogens (primary N) is 1.